The Morgan fingerprint density at radius 1 is 1.44 bits per heavy atom. The molecule has 0 spiro atoms. The Morgan fingerprint density at radius 2 is 2.22 bits per heavy atom. The first-order chi connectivity index (χ1) is 8.65. The van der Waals surface area contributed by atoms with Gasteiger partial charge in [0.2, 0.25) is 0 Å². The van der Waals surface area contributed by atoms with Crippen LogP contribution in [0, 0.1) is 12.8 Å². The van der Waals surface area contributed by atoms with Crippen molar-refractivity contribution < 1.29 is 0 Å². The van der Waals surface area contributed by atoms with Gasteiger partial charge in [0.1, 0.15) is 0 Å². The van der Waals surface area contributed by atoms with Gasteiger partial charge in [0.25, 0.3) is 0 Å². The van der Waals surface area contributed by atoms with Crippen molar-refractivity contribution in [3.63, 3.8) is 0 Å². The lowest BCUT2D eigenvalue weighted by molar-refractivity contribution is 0.332. The van der Waals surface area contributed by atoms with Crippen LogP contribution in [0.25, 0.3) is 0 Å². The Bertz CT molecular complexity index is 360. The second-order valence-electron chi connectivity index (χ2n) is 5.73. The van der Waals surface area contributed by atoms with Crippen molar-refractivity contribution in [2.45, 2.75) is 52.1 Å². The molecule has 2 heterocycles. The van der Waals surface area contributed by atoms with Crippen LogP contribution in [0.15, 0.2) is 6.07 Å². The summed E-state index contributed by atoms with van der Waals surface area (Å²) in [6.45, 7) is 8.96. The largest absolute Gasteiger partial charge is 0.317 e. The molecule has 3 N–H and O–H groups in total. The molecule has 102 valence electrons. The predicted molar refractivity (Wildman–Crippen MR) is 74.7 cm³/mol. The second-order valence-corrected chi connectivity index (χ2v) is 5.73. The molecule has 1 aliphatic rings. The van der Waals surface area contributed by atoms with Crippen molar-refractivity contribution in [2.24, 2.45) is 5.92 Å². The molecule has 1 fully saturated rings. The average Bonchev–Trinajstić information content (AvgIpc) is 2.61. The van der Waals surface area contributed by atoms with Gasteiger partial charge in [0, 0.05) is 24.2 Å². The van der Waals surface area contributed by atoms with Crippen molar-refractivity contribution in [1.29, 1.82) is 0 Å². The number of nitrogens with one attached hydrogen (secondary N) is 3. The molecule has 0 aliphatic carbocycles. The maximum Gasteiger partial charge on any atom is 0.0640 e. The minimum atomic E-state index is 0.484. The average molecular weight is 250 g/mol. The lowest BCUT2D eigenvalue weighted by atomic mass is 9.96. The zero-order valence-corrected chi connectivity index (χ0v) is 11.8. The number of aromatic nitrogens is 2. The van der Waals surface area contributed by atoms with E-state index in [0.29, 0.717) is 12.1 Å². The molecule has 1 aromatic rings. The molecular formula is C14H26N4. The van der Waals surface area contributed by atoms with Gasteiger partial charge >= 0.3 is 0 Å². The van der Waals surface area contributed by atoms with Gasteiger partial charge in [-0.15, -0.1) is 0 Å². The zero-order chi connectivity index (χ0) is 13.0. The van der Waals surface area contributed by atoms with Crippen molar-refractivity contribution in [3.8, 4) is 0 Å². The molecule has 3 unspecified atom stereocenters. The molecule has 18 heavy (non-hydrogen) atoms. The first-order valence-electron chi connectivity index (χ1n) is 7.13. The number of rotatable bonds is 4. The van der Waals surface area contributed by atoms with Crippen LogP contribution in [0.4, 0.5) is 0 Å². The molecule has 0 radical (unpaired) electrons. The van der Waals surface area contributed by atoms with Gasteiger partial charge in [-0.25, -0.2) is 0 Å². The first kappa shape index (κ1) is 13.6. The maximum atomic E-state index is 4.31. The lowest BCUT2D eigenvalue weighted by Crippen LogP contribution is -2.42. The summed E-state index contributed by atoms with van der Waals surface area (Å²) in [6.07, 6.45) is 3.50. The van der Waals surface area contributed by atoms with Crippen LogP contribution in [0.3, 0.4) is 0 Å². The van der Waals surface area contributed by atoms with E-state index >= 15 is 0 Å². The predicted octanol–water partition coefficient (Wildman–Crippen LogP) is 1.63. The Balaban J connectivity index is 1.84. The van der Waals surface area contributed by atoms with Crippen molar-refractivity contribution in [1.82, 2.24) is 20.8 Å². The van der Waals surface area contributed by atoms with Crippen LogP contribution in [0.1, 0.15) is 38.1 Å². The molecule has 4 nitrogen and oxygen atoms in total. The highest BCUT2D eigenvalue weighted by molar-refractivity contribution is 5.08. The second kappa shape index (κ2) is 6.34. The van der Waals surface area contributed by atoms with Crippen LogP contribution in [-0.4, -0.2) is 35.4 Å². The molecule has 0 amide bonds. The minimum absolute atomic E-state index is 0.484. The monoisotopic (exact) mass is 250 g/mol. The van der Waals surface area contributed by atoms with Crippen LogP contribution in [0.5, 0.6) is 0 Å². The van der Waals surface area contributed by atoms with Crippen molar-refractivity contribution in [2.75, 3.05) is 13.1 Å². The van der Waals surface area contributed by atoms with E-state index in [4.69, 9.17) is 0 Å². The van der Waals surface area contributed by atoms with Gasteiger partial charge in [0.05, 0.1) is 5.69 Å². The van der Waals surface area contributed by atoms with E-state index in [1.54, 1.807) is 0 Å². The topological polar surface area (TPSA) is 52.7 Å². The molecule has 3 atom stereocenters. The fraction of sp³-hybridized carbons (Fsp3) is 0.786. The number of H-pyrrole nitrogens is 1. The summed E-state index contributed by atoms with van der Waals surface area (Å²) in [6, 6.07) is 3.25. The SMILES string of the molecule is Cc1cc(CC(C)NC2CCNCCC2C)n[nH]1. The Hall–Kier alpha value is -0.870. The summed E-state index contributed by atoms with van der Waals surface area (Å²) < 4.78 is 0. The smallest absolute Gasteiger partial charge is 0.0640 e. The molecule has 1 aliphatic heterocycles. The number of hydrogen-bond acceptors (Lipinski definition) is 3. The van der Waals surface area contributed by atoms with E-state index in [1.165, 1.54) is 12.8 Å². The van der Waals surface area contributed by atoms with E-state index < -0.39 is 0 Å². The number of nitrogens with zero attached hydrogens (tertiary/aromatic N) is 1. The van der Waals surface area contributed by atoms with Crippen LogP contribution in [-0.2, 0) is 6.42 Å². The van der Waals surface area contributed by atoms with E-state index in [2.05, 4.69) is 40.7 Å². The van der Waals surface area contributed by atoms with Gasteiger partial charge in [-0.2, -0.15) is 5.10 Å². The third kappa shape index (κ3) is 3.82. The van der Waals surface area contributed by atoms with Crippen LogP contribution in [0.2, 0.25) is 0 Å². The standard InChI is InChI=1S/C14H26N4/c1-10-4-6-15-7-5-14(10)16-11(2)8-13-9-12(3)17-18-13/h9-11,14-16H,4-8H2,1-3H3,(H,17,18). The summed E-state index contributed by atoms with van der Waals surface area (Å²) >= 11 is 0. The molecule has 1 aromatic heterocycles. The third-order valence-corrected chi connectivity index (χ3v) is 3.87. The number of aromatic amines is 1. The van der Waals surface area contributed by atoms with Crippen molar-refractivity contribution >= 4 is 0 Å². The molecule has 1 saturated heterocycles. The Labute approximate surface area is 110 Å². The lowest BCUT2D eigenvalue weighted by Gasteiger charge is -2.26. The summed E-state index contributed by atoms with van der Waals surface area (Å²) in [4.78, 5) is 0. The van der Waals surface area contributed by atoms with E-state index in [0.717, 1.165) is 36.8 Å². The molecular weight excluding hydrogens is 224 g/mol. The Morgan fingerprint density at radius 3 is 2.94 bits per heavy atom. The fourth-order valence-corrected chi connectivity index (χ4v) is 2.76. The summed E-state index contributed by atoms with van der Waals surface area (Å²) in [5, 5.41) is 14.6. The van der Waals surface area contributed by atoms with Gasteiger partial charge in [-0.05, 0) is 51.8 Å². The summed E-state index contributed by atoms with van der Waals surface area (Å²) in [5.74, 6) is 0.753. The van der Waals surface area contributed by atoms with E-state index in [9.17, 15) is 0 Å². The minimum Gasteiger partial charge on any atom is -0.317 e. The van der Waals surface area contributed by atoms with Gasteiger partial charge in [0.15, 0.2) is 0 Å². The molecule has 0 aromatic carbocycles. The fourth-order valence-electron chi connectivity index (χ4n) is 2.76. The summed E-state index contributed by atoms with van der Waals surface area (Å²) in [5.41, 5.74) is 2.30. The Kier molecular flexibility index (Phi) is 4.78. The normalized spacial score (nSPS) is 26.8. The first-order valence-corrected chi connectivity index (χ1v) is 7.13. The highest BCUT2D eigenvalue weighted by atomic mass is 15.1. The third-order valence-electron chi connectivity index (χ3n) is 3.87. The number of hydrogen-bond donors (Lipinski definition) is 3. The molecule has 4 heteroatoms. The van der Waals surface area contributed by atoms with Gasteiger partial charge < -0.3 is 10.6 Å². The summed E-state index contributed by atoms with van der Waals surface area (Å²) in [7, 11) is 0. The molecule has 0 saturated carbocycles. The number of aryl methyl sites for hydroxylation is 1. The van der Waals surface area contributed by atoms with Crippen molar-refractivity contribution in [3.05, 3.63) is 17.5 Å². The van der Waals surface area contributed by atoms with Crippen LogP contribution < -0.4 is 10.6 Å². The molecule has 2 rings (SSSR count). The molecule has 0 bridgehead atoms. The quantitative estimate of drug-likeness (QED) is 0.761. The highest BCUT2D eigenvalue weighted by Crippen LogP contribution is 2.15. The van der Waals surface area contributed by atoms with E-state index in [1.807, 2.05) is 6.92 Å². The van der Waals surface area contributed by atoms with E-state index in [-0.39, 0.29) is 0 Å². The van der Waals surface area contributed by atoms with Crippen LogP contribution >= 0.6 is 0 Å². The zero-order valence-electron chi connectivity index (χ0n) is 11.8. The van der Waals surface area contributed by atoms with Gasteiger partial charge in [-0.3, -0.25) is 5.10 Å². The van der Waals surface area contributed by atoms with Gasteiger partial charge in [-0.1, -0.05) is 6.92 Å². The maximum absolute atomic E-state index is 4.31. The highest BCUT2D eigenvalue weighted by Gasteiger charge is 2.21.